The third-order valence-corrected chi connectivity index (χ3v) is 11.3. The number of thiazole rings is 2. The molecule has 0 aliphatic heterocycles. The molecule has 1 aliphatic carbocycles. The number of methoxy groups -OCH3 is 1. The first kappa shape index (κ1) is 28.9. The first-order valence-corrected chi connectivity index (χ1v) is 17.2. The van der Waals surface area contributed by atoms with Crippen LogP contribution in [0.1, 0.15) is 60.1 Å². The molecule has 0 saturated heterocycles. The number of fused-ring (bicyclic) bond motifs is 2. The second-order valence-electron chi connectivity index (χ2n) is 11.2. The first-order chi connectivity index (χ1) is 21.4. The summed E-state index contributed by atoms with van der Waals surface area (Å²) in [6.45, 7) is 5.25. The van der Waals surface area contributed by atoms with E-state index in [-0.39, 0.29) is 11.3 Å². The maximum absolute atomic E-state index is 12.8. The van der Waals surface area contributed by atoms with E-state index in [2.05, 4.69) is 17.3 Å². The summed E-state index contributed by atoms with van der Waals surface area (Å²) in [7, 11) is 1.63. The SMILES string of the molecule is CCC1(CNC(=O)c2ccc(-c3nc(COc4cc(OC)cc5nc(-c6cn7nc(C)sc7n6)sc45)cs3)cc2)CCCC1. The first-order valence-electron chi connectivity index (χ1n) is 14.7. The molecule has 1 aliphatic rings. The largest absolute Gasteiger partial charge is 0.497 e. The number of carbonyl (C=O) groups excluding carboxylic acids is 1. The highest BCUT2D eigenvalue weighted by Crippen LogP contribution is 2.41. The van der Waals surface area contributed by atoms with E-state index in [4.69, 9.17) is 24.4 Å². The molecule has 1 fully saturated rings. The molecule has 0 unspecified atom stereocenters. The highest BCUT2D eigenvalue weighted by Gasteiger charge is 2.32. The molecule has 0 spiro atoms. The van der Waals surface area contributed by atoms with Gasteiger partial charge >= 0.3 is 0 Å². The lowest BCUT2D eigenvalue weighted by Crippen LogP contribution is -2.35. The molecule has 1 N–H and O–H groups in total. The molecule has 1 amide bonds. The molecule has 12 heteroatoms. The number of amides is 1. The van der Waals surface area contributed by atoms with Gasteiger partial charge in [0.2, 0.25) is 4.96 Å². The molecule has 0 atom stereocenters. The Labute approximate surface area is 266 Å². The minimum atomic E-state index is -0.0140. The topological polar surface area (TPSA) is 104 Å². The van der Waals surface area contributed by atoms with Crippen LogP contribution in [0, 0.1) is 12.3 Å². The molecule has 6 aromatic rings. The van der Waals surface area contributed by atoms with Gasteiger partial charge in [0.25, 0.3) is 5.91 Å². The summed E-state index contributed by atoms with van der Waals surface area (Å²) < 4.78 is 14.5. The highest BCUT2D eigenvalue weighted by atomic mass is 32.1. The Hall–Kier alpha value is -3.87. The highest BCUT2D eigenvalue weighted by molar-refractivity contribution is 7.22. The van der Waals surface area contributed by atoms with Gasteiger partial charge in [-0.25, -0.2) is 19.5 Å². The van der Waals surface area contributed by atoms with Crippen LogP contribution in [0.3, 0.4) is 0 Å². The molecular formula is C32H32N6O3S3. The van der Waals surface area contributed by atoms with Crippen molar-refractivity contribution in [3.63, 3.8) is 0 Å². The van der Waals surface area contributed by atoms with Crippen LogP contribution in [0.4, 0.5) is 0 Å². The Balaban J connectivity index is 1.04. The number of hydrogen-bond acceptors (Lipinski definition) is 10. The third-order valence-electron chi connectivity index (χ3n) is 8.39. The smallest absolute Gasteiger partial charge is 0.251 e. The number of hydrogen-bond donors (Lipinski definition) is 1. The summed E-state index contributed by atoms with van der Waals surface area (Å²) in [5, 5.41) is 12.3. The van der Waals surface area contributed by atoms with Gasteiger partial charge in [0, 0.05) is 35.2 Å². The Kier molecular flexibility index (Phi) is 7.81. The lowest BCUT2D eigenvalue weighted by molar-refractivity contribution is 0.0928. The Morgan fingerprint density at radius 3 is 2.64 bits per heavy atom. The van der Waals surface area contributed by atoms with Gasteiger partial charge in [0.15, 0.2) is 0 Å². The zero-order valence-electron chi connectivity index (χ0n) is 24.8. The summed E-state index contributed by atoms with van der Waals surface area (Å²) in [6, 6.07) is 11.5. The second kappa shape index (κ2) is 11.9. The van der Waals surface area contributed by atoms with E-state index in [0.717, 1.165) is 60.1 Å². The van der Waals surface area contributed by atoms with Gasteiger partial charge in [-0.3, -0.25) is 4.79 Å². The Bertz CT molecular complexity index is 1920. The molecule has 4 aromatic heterocycles. The molecule has 44 heavy (non-hydrogen) atoms. The van der Waals surface area contributed by atoms with E-state index in [1.54, 1.807) is 34.3 Å². The Morgan fingerprint density at radius 2 is 1.89 bits per heavy atom. The van der Waals surface area contributed by atoms with E-state index in [1.165, 1.54) is 37.0 Å². The molecule has 9 nitrogen and oxygen atoms in total. The molecule has 0 bridgehead atoms. The van der Waals surface area contributed by atoms with Crippen LogP contribution < -0.4 is 14.8 Å². The minimum absolute atomic E-state index is 0.0140. The number of aryl methyl sites for hydroxylation is 1. The molecule has 0 radical (unpaired) electrons. The number of nitrogens with zero attached hydrogens (tertiary/aromatic N) is 5. The summed E-state index contributed by atoms with van der Waals surface area (Å²) in [5.41, 5.74) is 4.30. The van der Waals surface area contributed by atoms with Crippen LogP contribution in [-0.4, -0.2) is 44.1 Å². The summed E-state index contributed by atoms with van der Waals surface area (Å²) in [4.78, 5) is 28.0. The van der Waals surface area contributed by atoms with Gasteiger partial charge in [-0.05, 0) is 43.7 Å². The van der Waals surface area contributed by atoms with E-state index >= 15 is 0 Å². The number of nitrogens with one attached hydrogen (secondary N) is 1. The maximum Gasteiger partial charge on any atom is 0.251 e. The molecule has 7 rings (SSSR count). The fourth-order valence-electron chi connectivity index (χ4n) is 5.79. The van der Waals surface area contributed by atoms with E-state index < -0.39 is 0 Å². The fourth-order valence-corrected chi connectivity index (χ4v) is 8.29. The van der Waals surface area contributed by atoms with Crippen molar-refractivity contribution in [1.82, 2.24) is 29.9 Å². The van der Waals surface area contributed by atoms with Gasteiger partial charge in [0.05, 0.1) is 29.2 Å². The van der Waals surface area contributed by atoms with Gasteiger partial charge in [-0.15, -0.1) is 22.7 Å². The van der Waals surface area contributed by atoms with Crippen LogP contribution in [0.5, 0.6) is 11.5 Å². The lowest BCUT2D eigenvalue weighted by atomic mass is 9.83. The number of rotatable bonds is 10. The van der Waals surface area contributed by atoms with Gasteiger partial charge in [-0.1, -0.05) is 43.2 Å². The summed E-state index contributed by atoms with van der Waals surface area (Å²) in [5.74, 6) is 1.34. The third kappa shape index (κ3) is 5.69. The van der Waals surface area contributed by atoms with E-state index in [9.17, 15) is 4.79 Å². The van der Waals surface area contributed by atoms with Gasteiger partial charge in [0.1, 0.15) is 38.8 Å². The van der Waals surface area contributed by atoms with Crippen LogP contribution in [0.15, 0.2) is 48.0 Å². The van der Waals surface area contributed by atoms with Crippen molar-refractivity contribution in [2.24, 2.45) is 5.41 Å². The van der Waals surface area contributed by atoms with E-state index in [1.807, 2.05) is 54.9 Å². The van der Waals surface area contributed by atoms with Crippen molar-refractivity contribution in [3.8, 4) is 32.8 Å². The van der Waals surface area contributed by atoms with Gasteiger partial charge < -0.3 is 14.8 Å². The van der Waals surface area contributed by atoms with Crippen LogP contribution in [0.2, 0.25) is 0 Å². The maximum atomic E-state index is 12.8. The molecule has 226 valence electrons. The minimum Gasteiger partial charge on any atom is -0.497 e. The molecule has 4 heterocycles. The zero-order valence-corrected chi connectivity index (χ0v) is 27.2. The molecule has 2 aromatic carbocycles. The van der Waals surface area contributed by atoms with Crippen molar-refractivity contribution < 1.29 is 14.3 Å². The van der Waals surface area contributed by atoms with Crippen molar-refractivity contribution in [2.45, 2.75) is 52.6 Å². The predicted octanol–water partition coefficient (Wildman–Crippen LogP) is 7.79. The number of ether oxygens (including phenoxy) is 2. The quantitative estimate of drug-likeness (QED) is 0.162. The standard InChI is InChI=1S/C32H32N6O3S3/c1-4-32(11-5-6-12-32)18-33-28(39)20-7-9-21(10-8-20)29-34-22(17-42-29)16-41-26-14-23(40-3)13-24-27(26)44-30(35-24)25-15-38-31(36-25)43-19(2)37-38/h7-10,13-15,17H,4-6,11-12,16,18H2,1-3H3,(H,33,39). The average molecular weight is 645 g/mol. The monoisotopic (exact) mass is 644 g/mol. The van der Waals surface area contributed by atoms with Crippen molar-refractivity contribution >= 4 is 55.1 Å². The number of carbonyl (C=O) groups is 1. The molecular weight excluding hydrogens is 613 g/mol. The fraction of sp³-hybridized carbons (Fsp3) is 0.344. The lowest BCUT2D eigenvalue weighted by Gasteiger charge is -2.27. The number of aromatic nitrogens is 5. The van der Waals surface area contributed by atoms with Crippen LogP contribution in [0.25, 0.3) is 36.5 Å². The second-order valence-corrected chi connectivity index (χ2v) is 14.2. The normalized spacial score (nSPS) is 14.4. The van der Waals surface area contributed by atoms with Crippen molar-refractivity contribution in [2.75, 3.05) is 13.7 Å². The summed E-state index contributed by atoms with van der Waals surface area (Å²) in [6.07, 6.45) is 7.94. The number of benzene rings is 2. The molecule has 1 saturated carbocycles. The van der Waals surface area contributed by atoms with Gasteiger partial charge in [-0.2, -0.15) is 5.10 Å². The van der Waals surface area contributed by atoms with Crippen LogP contribution >= 0.6 is 34.0 Å². The van der Waals surface area contributed by atoms with E-state index in [0.29, 0.717) is 23.7 Å². The zero-order chi connectivity index (χ0) is 30.3. The Morgan fingerprint density at radius 1 is 1.07 bits per heavy atom. The van der Waals surface area contributed by atoms with Crippen molar-refractivity contribution in [1.29, 1.82) is 0 Å². The van der Waals surface area contributed by atoms with Crippen molar-refractivity contribution in [3.05, 3.63) is 64.2 Å². The predicted molar refractivity (Wildman–Crippen MR) is 176 cm³/mol. The average Bonchev–Trinajstić information content (AvgIpc) is 3.87. The van der Waals surface area contributed by atoms with Crippen LogP contribution in [-0.2, 0) is 6.61 Å². The number of imidazole rings is 1. The summed E-state index contributed by atoms with van der Waals surface area (Å²) >= 11 is 4.63.